The second-order valence-electron chi connectivity index (χ2n) is 6.41. The molecule has 3 N–H and O–H groups in total. The molecule has 146 valence electrons. The molecule has 1 saturated heterocycles. The molecule has 0 spiro atoms. The van der Waals surface area contributed by atoms with Crippen molar-refractivity contribution in [2.45, 2.75) is 6.92 Å². The number of piperazine rings is 1. The van der Waals surface area contributed by atoms with E-state index in [-0.39, 0.29) is 6.61 Å². The number of nitrogens with two attached hydrogens (primary N) is 1. The second kappa shape index (κ2) is 8.77. The Kier molecular flexibility index (Phi) is 6.18. The Balaban J connectivity index is 1.70. The third-order valence-electron chi connectivity index (χ3n) is 4.91. The van der Waals surface area contributed by atoms with Crippen molar-refractivity contribution in [1.29, 1.82) is 0 Å². The Morgan fingerprint density at radius 3 is 2.37 bits per heavy atom. The lowest BCUT2D eigenvalue weighted by atomic mass is 10.2. The molecule has 1 aromatic heterocycles. The fourth-order valence-electron chi connectivity index (χ4n) is 3.39. The lowest BCUT2D eigenvalue weighted by Gasteiger charge is -2.37. The fraction of sp³-hybridized carbons (Fsp3) is 0.474. The van der Waals surface area contributed by atoms with Crippen LogP contribution in [0.3, 0.4) is 0 Å². The number of ether oxygens (including phenoxy) is 1. The van der Waals surface area contributed by atoms with Crippen LogP contribution < -0.4 is 25.2 Å². The molecule has 0 atom stereocenters. The van der Waals surface area contributed by atoms with Gasteiger partial charge in [-0.25, -0.2) is 9.97 Å². The Bertz CT molecular complexity index is 731. The summed E-state index contributed by atoms with van der Waals surface area (Å²) in [7, 11) is 1.67. The van der Waals surface area contributed by atoms with Crippen molar-refractivity contribution in [2.75, 3.05) is 73.4 Å². The van der Waals surface area contributed by atoms with E-state index < -0.39 is 0 Å². The van der Waals surface area contributed by atoms with Crippen LogP contribution >= 0.6 is 0 Å². The van der Waals surface area contributed by atoms with Crippen LogP contribution in [0.25, 0.3) is 0 Å². The SMILES string of the molecule is CCN(CCO)c1ncnc(N2CCN(c3ccc(OC)cc3)CC2)c1N. The summed E-state index contributed by atoms with van der Waals surface area (Å²) in [6.07, 6.45) is 1.55. The topological polar surface area (TPSA) is 91.0 Å². The first-order chi connectivity index (χ1) is 13.2. The van der Waals surface area contributed by atoms with E-state index >= 15 is 0 Å². The van der Waals surface area contributed by atoms with Gasteiger partial charge in [-0.2, -0.15) is 0 Å². The summed E-state index contributed by atoms with van der Waals surface area (Å²) in [6.45, 7) is 6.75. The molecule has 1 fully saturated rings. The summed E-state index contributed by atoms with van der Waals surface area (Å²) >= 11 is 0. The van der Waals surface area contributed by atoms with E-state index in [2.05, 4.69) is 31.9 Å². The van der Waals surface area contributed by atoms with Gasteiger partial charge < -0.3 is 30.3 Å². The summed E-state index contributed by atoms with van der Waals surface area (Å²) < 4.78 is 5.23. The molecule has 2 heterocycles. The van der Waals surface area contributed by atoms with Crippen LogP contribution in [0.4, 0.5) is 23.0 Å². The molecule has 0 unspecified atom stereocenters. The molecular weight excluding hydrogens is 344 g/mol. The van der Waals surface area contributed by atoms with Gasteiger partial charge in [0, 0.05) is 45.0 Å². The molecule has 1 aliphatic rings. The van der Waals surface area contributed by atoms with Gasteiger partial charge in [-0.1, -0.05) is 0 Å². The first-order valence-corrected chi connectivity index (χ1v) is 9.28. The number of anilines is 4. The first-order valence-electron chi connectivity index (χ1n) is 9.28. The average molecular weight is 372 g/mol. The molecule has 2 aromatic rings. The summed E-state index contributed by atoms with van der Waals surface area (Å²) in [6, 6.07) is 8.13. The number of benzene rings is 1. The molecule has 0 aliphatic carbocycles. The second-order valence-corrected chi connectivity index (χ2v) is 6.41. The normalized spacial score (nSPS) is 14.3. The molecule has 1 aromatic carbocycles. The van der Waals surface area contributed by atoms with Gasteiger partial charge in [-0.3, -0.25) is 0 Å². The van der Waals surface area contributed by atoms with Gasteiger partial charge in [0.15, 0.2) is 11.6 Å². The number of aromatic nitrogens is 2. The minimum Gasteiger partial charge on any atom is -0.497 e. The molecule has 0 amide bonds. The van der Waals surface area contributed by atoms with Gasteiger partial charge in [-0.15, -0.1) is 0 Å². The zero-order chi connectivity index (χ0) is 19.2. The Labute approximate surface area is 160 Å². The minimum absolute atomic E-state index is 0.0627. The van der Waals surface area contributed by atoms with Crippen molar-refractivity contribution in [3.8, 4) is 5.75 Å². The number of hydrogen-bond donors (Lipinski definition) is 2. The molecule has 3 rings (SSSR count). The van der Waals surface area contributed by atoms with E-state index in [1.807, 2.05) is 24.0 Å². The molecular formula is C19H28N6O2. The van der Waals surface area contributed by atoms with Crippen LogP contribution in [-0.4, -0.2) is 68.1 Å². The van der Waals surface area contributed by atoms with Crippen LogP contribution in [0.2, 0.25) is 0 Å². The zero-order valence-corrected chi connectivity index (χ0v) is 16.0. The van der Waals surface area contributed by atoms with Crippen molar-refractivity contribution in [1.82, 2.24) is 9.97 Å². The van der Waals surface area contributed by atoms with Crippen LogP contribution in [-0.2, 0) is 0 Å². The third kappa shape index (κ3) is 4.16. The standard InChI is InChI=1S/C19H28N6O2/c1-3-23(12-13-26)18-17(20)19(22-14-21-18)25-10-8-24(9-11-25)15-4-6-16(27-2)7-5-15/h4-7,14,26H,3,8-13,20H2,1-2H3. The maximum Gasteiger partial charge on any atom is 0.157 e. The number of nitrogen functional groups attached to an aromatic ring is 1. The van der Waals surface area contributed by atoms with Crippen molar-refractivity contribution >= 4 is 23.0 Å². The Hall–Kier alpha value is -2.74. The summed E-state index contributed by atoms with van der Waals surface area (Å²) in [5.41, 5.74) is 8.14. The third-order valence-corrected chi connectivity index (χ3v) is 4.91. The monoisotopic (exact) mass is 372 g/mol. The quantitative estimate of drug-likeness (QED) is 0.750. The van der Waals surface area contributed by atoms with Gasteiger partial charge >= 0.3 is 0 Å². The summed E-state index contributed by atoms with van der Waals surface area (Å²) in [5.74, 6) is 2.32. The van der Waals surface area contributed by atoms with E-state index in [0.717, 1.165) is 44.3 Å². The van der Waals surface area contributed by atoms with E-state index in [4.69, 9.17) is 10.5 Å². The smallest absolute Gasteiger partial charge is 0.157 e. The van der Waals surface area contributed by atoms with Crippen LogP contribution in [0.15, 0.2) is 30.6 Å². The lowest BCUT2D eigenvalue weighted by Crippen LogP contribution is -2.47. The number of likely N-dealkylation sites (N-methyl/N-ethyl adjacent to an activating group) is 1. The highest BCUT2D eigenvalue weighted by Crippen LogP contribution is 2.30. The van der Waals surface area contributed by atoms with Crippen LogP contribution in [0.1, 0.15) is 6.92 Å². The van der Waals surface area contributed by atoms with Crippen molar-refractivity contribution in [3.05, 3.63) is 30.6 Å². The average Bonchev–Trinajstić information content (AvgIpc) is 2.73. The molecule has 0 saturated carbocycles. The number of aliphatic hydroxyl groups excluding tert-OH is 1. The van der Waals surface area contributed by atoms with Gasteiger partial charge in [0.1, 0.15) is 17.8 Å². The van der Waals surface area contributed by atoms with Gasteiger partial charge in [0.05, 0.1) is 13.7 Å². The lowest BCUT2D eigenvalue weighted by molar-refractivity contribution is 0.302. The highest BCUT2D eigenvalue weighted by atomic mass is 16.5. The van der Waals surface area contributed by atoms with E-state index in [9.17, 15) is 5.11 Å². The van der Waals surface area contributed by atoms with E-state index in [0.29, 0.717) is 18.1 Å². The molecule has 1 aliphatic heterocycles. The van der Waals surface area contributed by atoms with Gasteiger partial charge in [0.2, 0.25) is 0 Å². The number of aliphatic hydroxyl groups is 1. The first kappa shape index (κ1) is 19.0. The van der Waals surface area contributed by atoms with Crippen molar-refractivity contribution < 1.29 is 9.84 Å². The van der Waals surface area contributed by atoms with Crippen molar-refractivity contribution in [3.63, 3.8) is 0 Å². The van der Waals surface area contributed by atoms with Gasteiger partial charge in [-0.05, 0) is 31.2 Å². The summed E-state index contributed by atoms with van der Waals surface area (Å²) in [4.78, 5) is 15.3. The molecule has 0 bridgehead atoms. The number of methoxy groups -OCH3 is 1. The summed E-state index contributed by atoms with van der Waals surface area (Å²) in [5, 5.41) is 9.26. The van der Waals surface area contributed by atoms with Crippen LogP contribution in [0.5, 0.6) is 5.75 Å². The Morgan fingerprint density at radius 1 is 1.11 bits per heavy atom. The van der Waals surface area contributed by atoms with Crippen LogP contribution in [0, 0.1) is 0 Å². The molecule has 0 radical (unpaired) electrons. The largest absolute Gasteiger partial charge is 0.497 e. The predicted molar refractivity (Wildman–Crippen MR) is 109 cm³/mol. The molecule has 27 heavy (non-hydrogen) atoms. The number of rotatable bonds is 7. The zero-order valence-electron chi connectivity index (χ0n) is 16.0. The predicted octanol–water partition coefficient (Wildman–Crippen LogP) is 1.21. The van der Waals surface area contributed by atoms with Gasteiger partial charge in [0.25, 0.3) is 0 Å². The number of nitrogens with zero attached hydrogens (tertiary/aromatic N) is 5. The van der Waals surface area contributed by atoms with Crippen molar-refractivity contribution in [2.24, 2.45) is 0 Å². The Morgan fingerprint density at radius 2 is 1.78 bits per heavy atom. The molecule has 8 nitrogen and oxygen atoms in total. The maximum absolute atomic E-state index is 9.26. The highest BCUT2D eigenvalue weighted by Gasteiger charge is 2.22. The fourth-order valence-corrected chi connectivity index (χ4v) is 3.39. The van der Waals surface area contributed by atoms with E-state index in [1.165, 1.54) is 5.69 Å². The highest BCUT2D eigenvalue weighted by molar-refractivity contribution is 5.76. The minimum atomic E-state index is 0.0627. The number of hydrogen-bond acceptors (Lipinski definition) is 8. The van der Waals surface area contributed by atoms with E-state index in [1.54, 1.807) is 13.4 Å². The maximum atomic E-state index is 9.26. The molecule has 8 heteroatoms.